The molecular formula is C19H21F2N3O2S. The highest BCUT2D eigenvalue weighted by molar-refractivity contribution is 7.99. The number of halogens is 2. The third kappa shape index (κ3) is 4.94. The number of amides is 1. The van der Waals surface area contributed by atoms with Crippen molar-refractivity contribution in [3.63, 3.8) is 0 Å². The number of hydrogen-bond donors (Lipinski definition) is 1. The molecule has 0 aliphatic carbocycles. The van der Waals surface area contributed by atoms with Gasteiger partial charge < -0.3 is 10.1 Å². The third-order valence-electron chi connectivity index (χ3n) is 4.49. The van der Waals surface area contributed by atoms with Crippen molar-refractivity contribution in [2.24, 2.45) is 0 Å². The quantitative estimate of drug-likeness (QED) is 0.594. The Balaban J connectivity index is 1.62. The van der Waals surface area contributed by atoms with Gasteiger partial charge in [0.2, 0.25) is 5.91 Å². The topological polar surface area (TPSA) is 64.1 Å². The van der Waals surface area contributed by atoms with Crippen LogP contribution in [-0.2, 0) is 11.2 Å². The Morgan fingerprint density at radius 1 is 1.30 bits per heavy atom. The first kappa shape index (κ1) is 19.5. The van der Waals surface area contributed by atoms with Crippen molar-refractivity contribution in [1.29, 1.82) is 0 Å². The van der Waals surface area contributed by atoms with Crippen LogP contribution in [0, 0.1) is 13.8 Å². The first-order valence-corrected chi connectivity index (χ1v) is 9.62. The molecule has 1 N–H and O–H groups in total. The van der Waals surface area contributed by atoms with Crippen molar-refractivity contribution in [2.45, 2.75) is 50.1 Å². The number of aryl methyl sites for hydroxylation is 2. The SMILES string of the molecule is Cc1nc(SC(F)F)nc(C)c1CCC(=O)N[C@H]1CCOc2ccccc21. The summed E-state index contributed by atoms with van der Waals surface area (Å²) in [5.41, 5.74) is 3.09. The molecule has 3 rings (SSSR count). The maximum absolute atomic E-state index is 12.5. The molecule has 0 saturated heterocycles. The van der Waals surface area contributed by atoms with Gasteiger partial charge in [-0.1, -0.05) is 18.2 Å². The molecule has 1 atom stereocenters. The number of benzene rings is 1. The highest BCUT2D eigenvalue weighted by Gasteiger charge is 2.22. The Kier molecular flexibility index (Phi) is 6.26. The van der Waals surface area contributed by atoms with Crippen LogP contribution in [0.4, 0.5) is 8.78 Å². The molecule has 0 spiro atoms. The van der Waals surface area contributed by atoms with Gasteiger partial charge in [0, 0.05) is 29.8 Å². The highest BCUT2D eigenvalue weighted by Crippen LogP contribution is 2.31. The van der Waals surface area contributed by atoms with Crippen molar-refractivity contribution in [3.05, 3.63) is 46.8 Å². The third-order valence-corrected chi connectivity index (χ3v) is 5.06. The number of nitrogens with one attached hydrogen (secondary N) is 1. The molecule has 0 fully saturated rings. The first-order chi connectivity index (χ1) is 12.9. The van der Waals surface area contributed by atoms with Crippen LogP contribution in [0.3, 0.4) is 0 Å². The average molecular weight is 393 g/mol. The molecule has 2 heterocycles. The first-order valence-electron chi connectivity index (χ1n) is 8.74. The maximum Gasteiger partial charge on any atom is 0.291 e. The molecule has 1 aromatic carbocycles. The monoisotopic (exact) mass is 393 g/mol. The molecule has 1 amide bonds. The number of carbonyl (C=O) groups is 1. The molecule has 8 heteroatoms. The molecule has 1 aliphatic heterocycles. The Labute approximate surface area is 160 Å². The van der Waals surface area contributed by atoms with Crippen molar-refractivity contribution >= 4 is 17.7 Å². The standard InChI is InChI=1S/C19H21F2N3O2S/c1-11-13(12(2)23-19(22-11)27-18(20)21)7-8-17(25)24-15-9-10-26-16-6-4-3-5-14(15)16/h3-6,15,18H,7-10H2,1-2H3,(H,24,25)/t15-/m0/s1. The number of hydrogen-bond acceptors (Lipinski definition) is 5. The fraction of sp³-hybridized carbons (Fsp3) is 0.421. The molecule has 1 aliphatic rings. The normalized spacial score (nSPS) is 16.0. The van der Waals surface area contributed by atoms with E-state index in [4.69, 9.17) is 4.74 Å². The van der Waals surface area contributed by atoms with Crippen LogP contribution < -0.4 is 10.1 Å². The van der Waals surface area contributed by atoms with Crippen molar-refractivity contribution in [3.8, 4) is 5.75 Å². The second-order valence-electron chi connectivity index (χ2n) is 6.33. The van der Waals surface area contributed by atoms with Crippen molar-refractivity contribution in [1.82, 2.24) is 15.3 Å². The number of rotatable bonds is 6. The summed E-state index contributed by atoms with van der Waals surface area (Å²) in [7, 11) is 0. The summed E-state index contributed by atoms with van der Waals surface area (Å²) >= 11 is 0.330. The minimum Gasteiger partial charge on any atom is -0.493 e. The van der Waals surface area contributed by atoms with Gasteiger partial charge in [0.1, 0.15) is 5.75 Å². The number of nitrogens with zero attached hydrogens (tertiary/aromatic N) is 2. The predicted molar refractivity (Wildman–Crippen MR) is 99.1 cm³/mol. The molecule has 144 valence electrons. The van der Waals surface area contributed by atoms with Crippen LogP contribution in [0.25, 0.3) is 0 Å². The molecule has 0 radical (unpaired) electrons. The lowest BCUT2D eigenvalue weighted by Crippen LogP contribution is -2.32. The lowest BCUT2D eigenvalue weighted by atomic mass is 10.00. The zero-order valence-electron chi connectivity index (χ0n) is 15.2. The van der Waals surface area contributed by atoms with Gasteiger partial charge in [0.25, 0.3) is 5.76 Å². The van der Waals surface area contributed by atoms with E-state index in [0.717, 1.165) is 23.3 Å². The predicted octanol–water partition coefficient (Wildman–Crippen LogP) is 3.98. The Hall–Kier alpha value is -2.22. The Bertz CT molecular complexity index is 809. The van der Waals surface area contributed by atoms with Crippen molar-refractivity contribution < 1.29 is 18.3 Å². The Morgan fingerprint density at radius 2 is 2.00 bits per heavy atom. The summed E-state index contributed by atoms with van der Waals surface area (Å²) in [5.74, 6) is -1.81. The second kappa shape index (κ2) is 8.65. The summed E-state index contributed by atoms with van der Waals surface area (Å²) in [6, 6.07) is 7.63. The van der Waals surface area contributed by atoms with E-state index >= 15 is 0 Å². The summed E-state index contributed by atoms with van der Waals surface area (Å²) in [6.45, 7) is 4.08. The largest absolute Gasteiger partial charge is 0.493 e. The number of carbonyl (C=O) groups excluding carboxylic acids is 1. The van der Waals surface area contributed by atoms with E-state index in [1.165, 1.54) is 0 Å². The summed E-state index contributed by atoms with van der Waals surface area (Å²) < 4.78 is 30.6. The lowest BCUT2D eigenvalue weighted by Gasteiger charge is -2.26. The summed E-state index contributed by atoms with van der Waals surface area (Å²) in [6.07, 6.45) is 1.48. The average Bonchev–Trinajstić information content (AvgIpc) is 2.61. The molecule has 27 heavy (non-hydrogen) atoms. The molecule has 0 saturated carbocycles. The minimum absolute atomic E-state index is 0.0621. The van der Waals surface area contributed by atoms with Gasteiger partial charge in [-0.15, -0.1) is 0 Å². The molecule has 0 unspecified atom stereocenters. The highest BCUT2D eigenvalue weighted by atomic mass is 32.2. The van der Waals surface area contributed by atoms with Crippen LogP contribution in [0.5, 0.6) is 5.75 Å². The number of fused-ring (bicyclic) bond motifs is 1. The molecular weight excluding hydrogens is 372 g/mol. The van der Waals surface area contributed by atoms with Crippen LogP contribution in [-0.4, -0.2) is 28.2 Å². The van der Waals surface area contributed by atoms with E-state index in [1.54, 1.807) is 13.8 Å². The van der Waals surface area contributed by atoms with Gasteiger partial charge >= 0.3 is 0 Å². The van der Waals surface area contributed by atoms with E-state index < -0.39 is 5.76 Å². The van der Waals surface area contributed by atoms with Gasteiger partial charge in [0.05, 0.1) is 12.6 Å². The molecule has 0 bridgehead atoms. The Morgan fingerprint density at radius 3 is 2.70 bits per heavy atom. The van der Waals surface area contributed by atoms with Gasteiger partial charge in [0.15, 0.2) is 5.16 Å². The summed E-state index contributed by atoms with van der Waals surface area (Å²) in [5, 5.41) is 3.12. The summed E-state index contributed by atoms with van der Waals surface area (Å²) in [4.78, 5) is 20.7. The fourth-order valence-corrected chi connectivity index (χ4v) is 3.74. The number of alkyl halides is 2. The molecule has 1 aromatic heterocycles. The molecule has 5 nitrogen and oxygen atoms in total. The molecule has 2 aromatic rings. The zero-order chi connectivity index (χ0) is 19.4. The van der Waals surface area contributed by atoms with Crippen LogP contribution in [0.15, 0.2) is 29.4 Å². The van der Waals surface area contributed by atoms with Gasteiger partial charge in [-0.2, -0.15) is 8.78 Å². The van der Waals surface area contributed by atoms with E-state index in [1.807, 2.05) is 24.3 Å². The second-order valence-corrected chi connectivity index (χ2v) is 7.29. The smallest absolute Gasteiger partial charge is 0.291 e. The maximum atomic E-state index is 12.5. The van der Waals surface area contributed by atoms with Gasteiger partial charge in [-0.05, 0) is 43.7 Å². The number of thioether (sulfide) groups is 1. The number of aromatic nitrogens is 2. The van der Waals surface area contributed by atoms with Crippen LogP contribution >= 0.6 is 11.8 Å². The number of ether oxygens (including phenoxy) is 1. The van der Waals surface area contributed by atoms with E-state index in [-0.39, 0.29) is 23.5 Å². The van der Waals surface area contributed by atoms with Gasteiger partial charge in [-0.25, -0.2) is 9.97 Å². The van der Waals surface area contributed by atoms with Gasteiger partial charge in [-0.3, -0.25) is 4.79 Å². The van der Waals surface area contributed by atoms with Crippen LogP contribution in [0.2, 0.25) is 0 Å². The van der Waals surface area contributed by atoms with Crippen LogP contribution in [0.1, 0.15) is 41.4 Å². The van der Waals surface area contributed by atoms with Crippen molar-refractivity contribution in [2.75, 3.05) is 6.61 Å². The zero-order valence-corrected chi connectivity index (χ0v) is 16.0. The van der Waals surface area contributed by atoms with E-state index in [0.29, 0.717) is 36.2 Å². The fourth-order valence-electron chi connectivity index (χ4n) is 3.20. The number of para-hydroxylation sites is 1. The lowest BCUT2D eigenvalue weighted by molar-refractivity contribution is -0.122. The van der Waals surface area contributed by atoms with E-state index in [9.17, 15) is 13.6 Å². The van der Waals surface area contributed by atoms with E-state index in [2.05, 4.69) is 15.3 Å². The minimum atomic E-state index is -2.55.